The molecule has 1 aliphatic carbocycles. The van der Waals surface area contributed by atoms with Crippen molar-refractivity contribution >= 4 is 40.2 Å². The summed E-state index contributed by atoms with van der Waals surface area (Å²) in [5, 5.41) is 5.38. The molecular weight excluding hydrogens is 436 g/mol. The van der Waals surface area contributed by atoms with E-state index in [1.165, 1.54) is 26.1 Å². The molecule has 0 spiro atoms. The van der Waals surface area contributed by atoms with Crippen LogP contribution < -0.4 is 10.6 Å². The number of nitrogens with zero attached hydrogens (tertiary/aromatic N) is 1. The fraction of sp³-hybridized carbons (Fsp3) is 0.389. The number of hydrogen-bond acceptors (Lipinski definition) is 3. The van der Waals surface area contributed by atoms with Crippen LogP contribution in [0.5, 0.6) is 0 Å². The van der Waals surface area contributed by atoms with Crippen molar-refractivity contribution in [1.29, 1.82) is 0 Å². The van der Waals surface area contributed by atoms with E-state index in [2.05, 4.69) is 15.6 Å². The molecule has 5 nitrogen and oxygen atoms in total. The number of rotatable bonds is 5. The van der Waals surface area contributed by atoms with Gasteiger partial charge in [0.05, 0.1) is 0 Å². The first-order valence-electron chi connectivity index (χ1n) is 7.96. The minimum Gasteiger partial charge on any atom is -0.348 e. The Labute approximate surface area is 160 Å². The molecular formula is C18H21FIN3O2. The smallest absolute Gasteiger partial charge is 0.251 e. The summed E-state index contributed by atoms with van der Waals surface area (Å²) in [4.78, 5) is 27.4. The summed E-state index contributed by atoms with van der Waals surface area (Å²) in [6.07, 6.45) is 4.91. The molecule has 1 heterocycles. The zero-order valence-corrected chi connectivity index (χ0v) is 16.6. The number of anilines is 1. The van der Waals surface area contributed by atoms with Gasteiger partial charge in [0, 0.05) is 25.2 Å². The molecule has 1 unspecified atom stereocenters. The molecule has 0 saturated heterocycles. The van der Waals surface area contributed by atoms with Gasteiger partial charge in [0.25, 0.3) is 5.91 Å². The Morgan fingerprint density at radius 1 is 1.40 bits per heavy atom. The second kappa shape index (κ2) is 8.07. The Morgan fingerprint density at radius 2 is 2.12 bits per heavy atom. The summed E-state index contributed by atoms with van der Waals surface area (Å²) < 4.78 is 12.8. The van der Waals surface area contributed by atoms with Crippen molar-refractivity contribution in [1.82, 2.24) is 10.3 Å². The monoisotopic (exact) mass is 457 g/mol. The number of alkyl halides is 2. The maximum Gasteiger partial charge on any atom is 0.251 e. The summed E-state index contributed by atoms with van der Waals surface area (Å²) in [6.45, 7) is 5.21. The van der Waals surface area contributed by atoms with E-state index < -0.39 is 3.68 Å². The lowest BCUT2D eigenvalue weighted by Gasteiger charge is -2.24. The summed E-state index contributed by atoms with van der Waals surface area (Å²) in [5.74, 6) is -0.184. The highest BCUT2D eigenvalue weighted by Gasteiger charge is 2.27. The summed E-state index contributed by atoms with van der Waals surface area (Å²) in [7, 11) is 0. The van der Waals surface area contributed by atoms with E-state index in [1.807, 2.05) is 13.0 Å². The second-order valence-electron chi connectivity index (χ2n) is 6.18. The van der Waals surface area contributed by atoms with Crippen LogP contribution in [0, 0.1) is 0 Å². The fourth-order valence-electron chi connectivity index (χ4n) is 2.64. The first-order valence-corrected chi connectivity index (χ1v) is 9.04. The number of carbonyl (C=O) groups excluding carboxylic acids is 2. The number of allylic oxidation sites excluding steroid dienone is 3. The Balaban J connectivity index is 2.04. The zero-order chi connectivity index (χ0) is 18.6. The van der Waals surface area contributed by atoms with Gasteiger partial charge in [-0.3, -0.25) is 9.59 Å². The molecule has 0 bridgehead atoms. The fourth-order valence-corrected chi connectivity index (χ4v) is 3.26. The highest BCUT2D eigenvalue weighted by atomic mass is 127. The lowest BCUT2D eigenvalue weighted by Crippen LogP contribution is -2.27. The van der Waals surface area contributed by atoms with Crippen molar-refractivity contribution in [2.75, 3.05) is 11.9 Å². The van der Waals surface area contributed by atoms with Gasteiger partial charge in [-0.05, 0) is 67.0 Å². The van der Waals surface area contributed by atoms with Crippen molar-refractivity contribution in [3.05, 3.63) is 46.7 Å². The molecule has 1 atom stereocenters. The van der Waals surface area contributed by atoms with Gasteiger partial charge >= 0.3 is 0 Å². The van der Waals surface area contributed by atoms with Crippen molar-refractivity contribution in [2.45, 2.75) is 37.3 Å². The Bertz CT molecular complexity index is 751. The van der Waals surface area contributed by atoms with E-state index in [1.54, 1.807) is 28.7 Å². The van der Waals surface area contributed by atoms with Crippen LogP contribution in [0.15, 0.2) is 41.1 Å². The first-order chi connectivity index (χ1) is 11.7. The standard InChI is InChI=1S/C18H21FIN3O2/c1-11-4-5-13(8-15(11)18(3,19)20)10-22-17(25)14-6-7-21-16(9-14)23-12(2)24/h6-9H,4-5,10H2,1-3H3,(H,22,25)(H,21,23,24). The molecule has 1 aromatic rings. The molecule has 1 aromatic heterocycles. The zero-order valence-electron chi connectivity index (χ0n) is 14.5. The van der Waals surface area contributed by atoms with Crippen molar-refractivity contribution < 1.29 is 14.0 Å². The minimum absolute atomic E-state index is 0.250. The highest BCUT2D eigenvalue weighted by Crippen LogP contribution is 2.37. The molecule has 1 aliphatic rings. The Morgan fingerprint density at radius 3 is 2.76 bits per heavy atom. The van der Waals surface area contributed by atoms with Crippen LogP contribution >= 0.6 is 22.6 Å². The van der Waals surface area contributed by atoms with E-state index in [4.69, 9.17) is 0 Å². The number of hydrogen-bond donors (Lipinski definition) is 2. The van der Waals surface area contributed by atoms with Gasteiger partial charge in [-0.2, -0.15) is 0 Å². The molecule has 134 valence electrons. The maximum atomic E-state index is 14.3. The molecule has 0 aromatic carbocycles. The third-order valence-electron chi connectivity index (χ3n) is 3.90. The number of aromatic nitrogens is 1. The normalized spacial score (nSPS) is 16.8. The van der Waals surface area contributed by atoms with Crippen molar-refractivity contribution in [2.24, 2.45) is 0 Å². The number of amides is 2. The number of pyridine rings is 1. The molecule has 25 heavy (non-hydrogen) atoms. The Kier molecular flexibility index (Phi) is 6.31. The molecule has 2 rings (SSSR count). The van der Waals surface area contributed by atoms with Gasteiger partial charge in [0.2, 0.25) is 5.91 Å². The van der Waals surface area contributed by atoms with E-state index >= 15 is 0 Å². The lowest BCUT2D eigenvalue weighted by molar-refractivity contribution is -0.114. The predicted octanol–water partition coefficient (Wildman–Crippen LogP) is 3.93. The van der Waals surface area contributed by atoms with E-state index in [0.29, 0.717) is 23.5 Å². The molecule has 7 heteroatoms. The van der Waals surface area contributed by atoms with Crippen LogP contribution in [0.1, 0.15) is 44.0 Å². The highest BCUT2D eigenvalue weighted by molar-refractivity contribution is 14.1. The van der Waals surface area contributed by atoms with Gasteiger partial charge in [0.15, 0.2) is 3.68 Å². The molecule has 2 N–H and O–H groups in total. The van der Waals surface area contributed by atoms with E-state index in [-0.39, 0.29) is 11.8 Å². The second-order valence-corrected chi connectivity index (χ2v) is 8.20. The average molecular weight is 457 g/mol. The summed E-state index contributed by atoms with van der Waals surface area (Å²) in [6, 6.07) is 3.10. The lowest BCUT2D eigenvalue weighted by atomic mass is 9.91. The van der Waals surface area contributed by atoms with Crippen LogP contribution in [0.3, 0.4) is 0 Å². The molecule has 2 amide bonds. The van der Waals surface area contributed by atoms with Crippen molar-refractivity contribution in [3.8, 4) is 0 Å². The molecule has 0 saturated carbocycles. The van der Waals surface area contributed by atoms with Gasteiger partial charge in [-0.1, -0.05) is 17.2 Å². The Hall–Kier alpha value is -1.77. The van der Waals surface area contributed by atoms with E-state index in [9.17, 15) is 14.0 Å². The van der Waals surface area contributed by atoms with Crippen LogP contribution in [0.2, 0.25) is 0 Å². The maximum absolute atomic E-state index is 14.3. The number of halogens is 2. The van der Waals surface area contributed by atoms with Gasteiger partial charge < -0.3 is 10.6 Å². The largest absolute Gasteiger partial charge is 0.348 e. The molecule has 0 radical (unpaired) electrons. The summed E-state index contributed by atoms with van der Waals surface area (Å²) in [5.41, 5.74) is 3.13. The third kappa shape index (κ3) is 5.62. The van der Waals surface area contributed by atoms with E-state index in [0.717, 1.165) is 24.0 Å². The minimum atomic E-state index is -1.42. The van der Waals surface area contributed by atoms with Crippen LogP contribution in [-0.4, -0.2) is 27.0 Å². The third-order valence-corrected chi connectivity index (χ3v) is 4.49. The van der Waals surface area contributed by atoms with Crippen LogP contribution in [0.25, 0.3) is 0 Å². The number of carbonyl (C=O) groups is 2. The average Bonchev–Trinajstić information content (AvgIpc) is 2.52. The molecule has 0 aliphatic heterocycles. The van der Waals surface area contributed by atoms with Crippen LogP contribution in [-0.2, 0) is 4.79 Å². The molecule has 0 fully saturated rings. The summed E-state index contributed by atoms with van der Waals surface area (Å²) >= 11 is 1.79. The topological polar surface area (TPSA) is 71.1 Å². The number of nitrogens with one attached hydrogen (secondary N) is 2. The quantitative estimate of drug-likeness (QED) is 0.520. The van der Waals surface area contributed by atoms with Gasteiger partial charge in [-0.15, -0.1) is 0 Å². The van der Waals surface area contributed by atoms with Crippen LogP contribution in [0.4, 0.5) is 10.2 Å². The van der Waals surface area contributed by atoms with Crippen molar-refractivity contribution in [3.63, 3.8) is 0 Å². The SMILES string of the molecule is CC(=O)Nc1cc(C(=O)NCC2=CC(C(C)(F)I)=C(C)CC2)ccn1. The predicted molar refractivity (Wildman–Crippen MR) is 104 cm³/mol. The van der Waals surface area contributed by atoms with Gasteiger partial charge in [-0.25, -0.2) is 9.37 Å². The first kappa shape index (κ1) is 19.6. The van der Waals surface area contributed by atoms with Gasteiger partial charge in [0.1, 0.15) is 5.82 Å².